The van der Waals surface area contributed by atoms with Crippen LogP contribution in [0.15, 0.2) is 24.5 Å². The van der Waals surface area contributed by atoms with Gasteiger partial charge in [0.2, 0.25) is 0 Å². The van der Waals surface area contributed by atoms with E-state index in [9.17, 15) is 4.79 Å². The van der Waals surface area contributed by atoms with E-state index in [4.69, 9.17) is 4.74 Å². The second kappa shape index (κ2) is 6.13. The minimum Gasteiger partial charge on any atom is -0.494 e. The molecule has 1 aromatic heterocycles. The van der Waals surface area contributed by atoms with Gasteiger partial charge in [-0.15, -0.1) is 5.10 Å². The highest BCUT2D eigenvalue weighted by atomic mass is 16.5. The number of methoxy groups -OCH3 is 1. The Morgan fingerprint density at radius 1 is 1.50 bits per heavy atom. The topological polar surface area (TPSA) is 81.9 Å². The number of hydrogen-bond acceptors (Lipinski definition) is 5. The molecule has 116 valence electrons. The molecular weight excluding hydrogens is 282 g/mol. The van der Waals surface area contributed by atoms with Crippen molar-refractivity contribution in [2.75, 3.05) is 7.11 Å². The SMILES string of the molecule is COc1ccc(C(=O)N[C@H](C)CC2CC2)cc1-n1cnnn1. The van der Waals surface area contributed by atoms with Gasteiger partial charge in [0.1, 0.15) is 17.8 Å². The fourth-order valence-electron chi connectivity index (χ4n) is 2.50. The first-order valence-electron chi connectivity index (χ1n) is 7.39. The Balaban J connectivity index is 1.78. The van der Waals surface area contributed by atoms with Crippen LogP contribution >= 0.6 is 0 Å². The zero-order valence-electron chi connectivity index (χ0n) is 12.7. The minimum atomic E-state index is -0.0925. The van der Waals surface area contributed by atoms with Gasteiger partial charge in [0.25, 0.3) is 5.91 Å². The van der Waals surface area contributed by atoms with Gasteiger partial charge in [-0.05, 0) is 47.9 Å². The molecule has 1 amide bonds. The zero-order valence-corrected chi connectivity index (χ0v) is 12.7. The Morgan fingerprint density at radius 3 is 2.95 bits per heavy atom. The van der Waals surface area contributed by atoms with Gasteiger partial charge >= 0.3 is 0 Å². The first kappa shape index (κ1) is 14.5. The maximum atomic E-state index is 12.4. The van der Waals surface area contributed by atoms with Crippen molar-refractivity contribution in [1.82, 2.24) is 25.5 Å². The number of aromatic nitrogens is 4. The molecule has 1 aliphatic carbocycles. The molecule has 0 saturated heterocycles. The predicted molar refractivity (Wildman–Crippen MR) is 80.0 cm³/mol. The van der Waals surface area contributed by atoms with Crippen LogP contribution in [0.25, 0.3) is 5.69 Å². The molecule has 1 heterocycles. The van der Waals surface area contributed by atoms with E-state index in [-0.39, 0.29) is 11.9 Å². The number of nitrogens with one attached hydrogen (secondary N) is 1. The van der Waals surface area contributed by atoms with E-state index in [1.54, 1.807) is 25.3 Å². The lowest BCUT2D eigenvalue weighted by atomic mass is 10.1. The standard InChI is InChI=1S/C15H19N5O2/c1-10(7-11-3-4-11)17-15(21)12-5-6-14(22-2)13(8-12)20-9-16-18-19-20/h5-6,8-11H,3-4,7H2,1-2H3,(H,17,21)/t10-/m1/s1. The third-order valence-corrected chi connectivity index (χ3v) is 3.80. The Kier molecular flexibility index (Phi) is 4.04. The minimum absolute atomic E-state index is 0.0925. The second-order valence-corrected chi connectivity index (χ2v) is 5.69. The summed E-state index contributed by atoms with van der Waals surface area (Å²) >= 11 is 0. The maximum absolute atomic E-state index is 12.4. The average molecular weight is 301 g/mol. The number of carbonyl (C=O) groups is 1. The Hall–Kier alpha value is -2.44. The highest BCUT2D eigenvalue weighted by molar-refractivity contribution is 5.95. The summed E-state index contributed by atoms with van der Waals surface area (Å²) in [5, 5.41) is 14.1. The summed E-state index contributed by atoms with van der Waals surface area (Å²) in [6.45, 7) is 2.04. The first-order chi connectivity index (χ1) is 10.7. The summed E-state index contributed by atoms with van der Waals surface area (Å²) in [6.07, 6.45) is 5.08. The molecule has 7 nitrogen and oxygen atoms in total. The van der Waals surface area contributed by atoms with Gasteiger partial charge in [-0.1, -0.05) is 12.8 Å². The van der Waals surface area contributed by atoms with Crippen LogP contribution in [0.2, 0.25) is 0 Å². The van der Waals surface area contributed by atoms with E-state index in [1.807, 2.05) is 6.92 Å². The van der Waals surface area contributed by atoms with Gasteiger partial charge in [-0.2, -0.15) is 4.68 Å². The number of amides is 1. The Morgan fingerprint density at radius 2 is 2.32 bits per heavy atom. The molecule has 0 aliphatic heterocycles. The van der Waals surface area contributed by atoms with E-state index in [2.05, 4.69) is 20.8 Å². The molecule has 0 spiro atoms. The number of ether oxygens (including phenoxy) is 1. The molecule has 0 unspecified atom stereocenters. The van der Waals surface area contributed by atoms with Gasteiger partial charge in [0.05, 0.1) is 7.11 Å². The van der Waals surface area contributed by atoms with Crippen molar-refractivity contribution < 1.29 is 9.53 Å². The third-order valence-electron chi connectivity index (χ3n) is 3.80. The predicted octanol–water partition coefficient (Wildman–Crippen LogP) is 1.59. The van der Waals surface area contributed by atoms with E-state index < -0.39 is 0 Å². The summed E-state index contributed by atoms with van der Waals surface area (Å²) in [5.41, 5.74) is 1.20. The van der Waals surface area contributed by atoms with Gasteiger partial charge < -0.3 is 10.1 Å². The Bertz CT molecular complexity index is 652. The molecule has 1 fully saturated rings. The average Bonchev–Trinajstić information content (AvgIpc) is 3.16. The van der Waals surface area contributed by atoms with Gasteiger partial charge in [-0.3, -0.25) is 4.79 Å². The molecular formula is C15H19N5O2. The van der Waals surface area contributed by atoms with Crippen molar-refractivity contribution in [1.29, 1.82) is 0 Å². The second-order valence-electron chi connectivity index (χ2n) is 5.69. The van der Waals surface area contributed by atoms with Crippen LogP contribution in [0, 0.1) is 5.92 Å². The molecule has 0 radical (unpaired) electrons. The Labute approximate surface area is 128 Å². The summed E-state index contributed by atoms with van der Waals surface area (Å²) < 4.78 is 6.77. The van der Waals surface area contributed by atoms with Crippen LogP contribution in [-0.4, -0.2) is 39.3 Å². The van der Waals surface area contributed by atoms with Gasteiger partial charge in [0, 0.05) is 11.6 Å². The molecule has 2 aromatic rings. The van der Waals surface area contributed by atoms with Crippen LogP contribution < -0.4 is 10.1 Å². The van der Waals surface area contributed by atoms with E-state index in [0.29, 0.717) is 17.0 Å². The smallest absolute Gasteiger partial charge is 0.251 e. The van der Waals surface area contributed by atoms with Crippen LogP contribution in [0.3, 0.4) is 0 Å². The van der Waals surface area contributed by atoms with Crippen molar-refractivity contribution in [3.63, 3.8) is 0 Å². The third kappa shape index (κ3) is 3.24. The molecule has 3 rings (SSSR count). The van der Waals surface area contributed by atoms with Crippen LogP contribution in [0.1, 0.15) is 36.5 Å². The van der Waals surface area contributed by atoms with Crippen LogP contribution in [0.5, 0.6) is 5.75 Å². The lowest BCUT2D eigenvalue weighted by Gasteiger charge is -2.14. The summed E-state index contributed by atoms with van der Waals surface area (Å²) in [5.74, 6) is 1.29. The molecule has 22 heavy (non-hydrogen) atoms. The molecule has 0 bridgehead atoms. The van der Waals surface area contributed by atoms with Gasteiger partial charge in [0.15, 0.2) is 0 Å². The van der Waals surface area contributed by atoms with Crippen molar-refractivity contribution in [3.05, 3.63) is 30.1 Å². The maximum Gasteiger partial charge on any atom is 0.251 e. The van der Waals surface area contributed by atoms with E-state index in [0.717, 1.165) is 12.3 Å². The van der Waals surface area contributed by atoms with Crippen LogP contribution in [0.4, 0.5) is 0 Å². The lowest BCUT2D eigenvalue weighted by Crippen LogP contribution is -2.32. The highest BCUT2D eigenvalue weighted by Crippen LogP contribution is 2.33. The number of nitrogens with zero attached hydrogens (tertiary/aromatic N) is 4. The lowest BCUT2D eigenvalue weighted by molar-refractivity contribution is 0.0937. The van der Waals surface area contributed by atoms with Gasteiger partial charge in [-0.25, -0.2) is 0 Å². The fourth-order valence-corrected chi connectivity index (χ4v) is 2.50. The fraction of sp³-hybridized carbons (Fsp3) is 0.467. The molecule has 1 atom stereocenters. The number of hydrogen-bond donors (Lipinski definition) is 1. The van der Waals surface area contributed by atoms with E-state index in [1.165, 1.54) is 23.9 Å². The number of carbonyl (C=O) groups excluding carboxylic acids is 1. The molecule has 1 aliphatic rings. The van der Waals surface area contributed by atoms with Crippen LogP contribution in [-0.2, 0) is 0 Å². The zero-order chi connectivity index (χ0) is 15.5. The summed E-state index contributed by atoms with van der Waals surface area (Å²) in [6, 6.07) is 5.40. The molecule has 1 saturated carbocycles. The van der Waals surface area contributed by atoms with Crippen molar-refractivity contribution >= 4 is 5.91 Å². The normalized spacial score (nSPS) is 15.4. The number of rotatable bonds is 6. The summed E-state index contributed by atoms with van der Waals surface area (Å²) in [4.78, 5) is 12.4. The van der Waals surface area contributed by atoms with Crippen molar-refractivity contribution in [2.24, 2.45) is 5.92 Å². The quantitative estimate of drug-likeness (QED) is 0.876. The summed E-state index contributed by atoms with van der Waals surface area (Å²) in [7, 11) is 1.57. The molecule has 1 N–H and O–H groups in total. The molecule has 7 heteroatoms. The number of benzene rings is 1. The number of tetrazole rings is 1. The monoisotopic (exact) mass is 301 g/mol. The van der Waals surface area contributed by atoms with E-state index >= 15 is 0 Å². The highest BCUT2D eigenvalue weighted by Gasteiger charge is 2.24. The molecule has 1 aromatic carbocycles. The van der Waals surface area contributed by atoms with Crippen molar-refractivity contribution in [2.45, 2.75) is 32.2 Å². The van der Waals surface area contributed by atoms with Crippen molar-refractivity contribution in [3.8, 4) is 11.4 Å². The largest absolute Gasteiger partial charge is 0.494 e. The first-order valence-corrected chi connectivity index (χ1v) is 7.39.